The highest BCUT2D eigenvalue weighted by Crippen LogP contribution is 2.29. The number of aromatic nitrogens is 3. The molecule has 1 aliphatic rings. The molecular weight excluding hydrogens is 352 g/mol. The number of likely N-dealkylation sites (tertiary alicyclic amines) is 1. The lowest BCUT2D eigenvalue weighted by atomic mass is 9.87. The molecule has 0 unspecified atom stereocenters. The fraction of sp³-hybridized carbons (Fsp3) is 0.409. The average molecular weight is 378 g/mol. The minimum atomic E-state index is -0.568. The average Bonchev–Trinajstić information content (AvgIpc) is 3.09. The Kier molecular flexibility index (Phi) is 5.13. The standard InChI is InChI=1S/C22H26N4O2/c1-15(2)12-26-14-24-19-10-17(11-23-21(19)26)22(28)25-9-8-18(20(27)13-25)16-6-4-3-5-7-16/h3-7,10-11,14-15,18,20,27H,8-9,12-13H2,1-2H3/t18-,20+/m0/s1. The monoisotopic (exact) mass is 378 g/mol. The summed E-state index contributed by atoms with van der Waals surface area (Å²) in [7, 11) is 0. The Balaban J connectivity index is 1.49. The van der Waals surface area contributed by atoms with Crippen LogP contribution in [0.5, 0.6) is 0 Å². The van der Waals surface area contributed by atoms with Crippen molar-refractivity contribution >= 4 is 17.1 Å². The molecule has 4 rings (SSSR count). The highest BCUT2D eigenvalue weighted by Gasteiger charge is 2.31. The molecule has 1 N–H and O–H groups in total. The van der Waals surface area contributed by atoms with E-state index < -0.39 is 6.10 Å². The van der Waals surface area contributed by atoms with Gasteiger partial charge in [0.15, 0.2) is 5.65 Å². The third-order valence-electron chi connectivity index (χ3n) is 5.36. The number of carbonyl (C=O) groups is 1. The van der Waals surface area contributed by atoms with Gasteiger partial charge in [0.2, 0.25) is 0 Å². The van der Waals surface area contributed by atoms with Gasteiger partial charge in [-0.3, -0.25) is 4.79 Å². The maximum absolute atomic E-state index is 13.0. The fourth-order valence-electron chi connectivity index (χ4n) is 3.98. The van der Waals surface area contributed by atoms with Crippen LogP contribution in [0.4, 0.5) is 0 Å². The van der Waals surface area contributed by atoms with Crippen LogP contribution in [0.1, 0.15) is 42.1 Å². The molecule has 2 aromatic heterocycles. The zero-order valence-corrected chi connectivity index (χ0v) is 16.3. The smallest absolute Gasteiger partial charge is 0.255 e. The van der Waals surface area contributed by atoms with Gasteiger partial charge >= 0.3 is 0 Å². The summed E-state index contributed by atoms with van der Waals surface area (Å²) in [6.45, 7) is 6.09. The first-order chi connectivity index (χ1) is 13.5. The first-order valence-corrected chi connectivity index (χ1v) is 9.86. The highest BCUT2D eigenvalue weighted by atomic mass is 16.3. The number of nitrogens with zero attached hydrogens (tertiary/aromatic N) is 4. The molecule has 1 fully saturated rings. The molecule has 0 spiro atoms. The van der Waals surface area contributed by atoms with E-state index in [9.17, 15) is 9.90 Å². The molecule has 1 aromatic carbocycles. The van der Waals surface area contributed by atoms with Gasteiger partial charge in [0, 0.05) is 31.7 Å². The predicted octanol–water partition coefficient (Wildman–Crippen LogP) is 3.08. The number of rotatable bonds is 4. The van der Waals surface area contributed by atoms with Crippen LogP contribution in [0.3, 0.4) is 0 Å². The molecule has 0 saturated carbocycles. The number of aliphatic hydroxyl groups excluding tert-OH is 1. The van der Waals surface area contributed by atoms with Gasteiger partial charge in [-0.2, -0.15) is 0 Å². The van der Waals surface area contributed by atoms with Gasteiger partial charge in [0.1, 0.15) is 5.52 Å². The van der Waals surface area contributed by atoms with Gasteiger partial charge in [-0.15, -0.1) is 0 Å². The maximum Gasteiger partial charge on any atom is 0.255 e. The molecule has 1 aliphatic heterocycles. The molecule has 6 nitrogen and oxygen atoms in total. The Morgan fingerprint density at radius 3 is 2.75 bits per heavy atom. The molecule has 1 amide bonds. The number of aliphatic hydroxyl groups is 1. The molecule has 1 saturated heterocycles. The van der Waals surface area contributed by atoms with E-state index in [1.807, 2.05) is 34.9 Å². The van der Waals surface area contributed by atoms with E-state index in [2.05, 4.69) is 23.8 Å². The molecule has 0 bridgehead atoms. The van der Waals surface area contributed by atoms with Crippen LogP contribution in [0, 0.1) is 5.92 Å². The van der Waals surface area contributed by atoms with Gasteiger partial charge < -0.3 is 14.6 Å². The van der Waals surface area contributed by atoms with E-state index in [1.54, 1.807) is 23.5 Å². The molecule has 2 atom stereocenters. The van der Waals surface area contributed by atoms with Crippen molar-refractivity contribution in [3.05, 3.63) is 60.0 Å². The van der Waals surface area contributed by atoms with E-state index >= 15 is 0 Å². The predicted molar refractivity (Wildman–Crippen MR) is 108 cm³/mol. The normalized spacial score (nSPS) is 20.1. The van der Waals surface area contributed by atoms with Gasteiger partial charge in [-0.05, 0) is 24.0 Å². The Hall–Kier alpha value is -2.73. The summed E-state index contributed by atoms with van der Waals surface area (Å²) >= 11 is 0. The van der Waals surface area contributed by atoms with E-state index in [4.69, 9.17) is 0 Å². The number of fused-ring (bicyclic) bond motifs is 1. The maximum atomic E-state index is 13.0. The lowest BCUT2D eigenvalue weighted by Crippen LogP contribution is -2.45. The van der Waals surface area contributed by atoms with Crippen LogP contribution >= 0.6 is 0 Å². The number of carbonyl (C=O) groups excluding carboxylic acids is 1. The number of amides is 1. The van der Waals surface area contributed by atoms with E-state index in [1.165, 1.54) is 0 Å². The van der Waals surface area contributed by atoms with Crippen LogP contribution < -0.4 is 0 Å². The molecular formula is C22H26N4O2. The zero-order chi connectivity index (χ0) is 19.7. The van der Waals surface area contributed by atoms with Crippen molar-refractivity contribution in [1.82, 2.24) is 19.4 Å². The van der Waals surface area contributed by atoms with E-state index in [-0.39, 0.29) is 11.8 Å². The third kappa shape index (κ3) is 3.64. The number of piperidine rings is 1. The molecule has 3 aromatic rings. The Bertz CT molecular complexity index is 967. The SMILES string of the molecule is CC(C)Cn1cnc2cc(C(=O)N3CC[C@@H](c4ccccc4)[C@H](O)C3)cnc21. The second-order valence-corrected chi connectivity index (χ2v) is 7.98. The second kappa shape index (κ2) is 7.72. The fourth-order valence-corrected chi connectivity index (χ4v) is 3.98. The molecule has 6 heteroatoms. The van der Waals surface area contributed by atoms with Crippen LogP contribution in [0.2, 0.25) is 0 Å². The van der Waals surface area contributed by atoms with Gasteiger partial charge in [0.25, 0.3) is 5.91 Å². The van der Waals surface area contributed by atoms with Crippen molar-refractivity contribution in [3.8, 4) is 0 Å². The van der Waals surface area contributed by atoms with E-state index in [0.717, 1.165) is 29.7 Å². The van der Waals surface area contributed by atoms with Crippen LogP contribution in [0.15, 0.2) is 48.9 Å². The Labute approximate surface area is 164 Å². The molecule has 3 heterocycles. The zero-order valence-electron chi connectivity index (χ0n) is 16.3. The number of hydrogen-bond donors (Lipinski definition) is 1. The van der Waals surface area contributed by atoms with Crippen molar-refractivity contribution in [2.24, 2.45) is 5.92 Å². The van der Waals surface area contributed by atoms with Crippen molar-refractivity contribution in [3.63, 3.8) is 0 Å². The summed E-state index contributed by atoms with van der Waals surface area (Å²) in [4.78, 5) is 23.6. The third-order valence-corrected chi connectivity index (χ3v) is 5.36. The quantitative estimate of drug-likeness (QED) is 0.757. The van der Waals surface area contributed by atoms with Crippen LogP contribution in [0.25, 0.3) is 11.2 Å². The lowest BCUT2D eigenvalue weighted by molar-refractivity contribution is 0.0382. The van der Waals surface area contributed by atoms with Gasteiger partial charge in [-0.1, -0.05) is 44.2 Å². The highest BCUT2D eigenvalue weighted by molar-refractivity contribution is 5.96. The van der Waals surface area contributed by atoms with Crippen molar-refractivity contribution in [1.29, 1.82) is 0 Å². The Morgan fingerprint density at radius 1 is 1.25 bits per heavy atom. The summed E-state index contributed by atoms with van der Waals surface area (Å²) in [5.41, 5.74) is 3.17. The molecule has 0 aliphatic carbocycles. The summed E-state index contributed by atoms with van der Waals surface area (Å²) in [5.74, 6) is 0.462. The number of β-amino-alcohol motifs (C(OH)–C–C–N with tert-alkyl or cyclic N) is 1. The summed E-state index contributed by atoms with van der Waals surface area (Å²) in [5, 5.41) is 10.6. The lowest BCUT2D eigenvalue weighted by Gasteiger charge is -2.36. The number of benzene rings is 1. The number of pyridine rings is 1. The summed E-state index contributed by atoms with van der Waals surface area (Å²) in [6.07, 6.45) is 3.58. The topological polar surface area (TPSA) is 71.2 Å². The molecule has 28 heavy (non-hydrogen) atoms. The first kappa shape index (κ1) is 18.6. The molecule has 146 valence electrons. The molecule has 0 radical (unpaired) electrons. The van der Waals surface area contributed by atoms with E-state index in [0.29, 0.717) is 24.6 Å². The van der Waals surface area contributed by atoms with Crippen molar-refractivity contribution < 1.29 is 9.90 Å². The number of imidazole rings is 1. The minimum Gasteiger partial charge on any atom is -0.391 e. The summed E-state index contributed by atoms with van der Waals surface area (Å²) < 4.78 is 2.02. The largest absolute Gasteiger partial charge is 0.391 e. The minimum absolute atomic E-state index is 0.0672. The first-order valence-electron chi connectivity index (χ1n) is 9.86. The van der Waals surface area contributed by atoms with Gasteiger partial charge in [0.05, 0.1) is 18.0 Å². The summed E-state index contributed by atoms with van der Waals surface area (Å²) in [6, 6.07) is 11.8. The Morgan fingerprint density at radius 2 is 2.04 bits per heavy atom. The van der Waals surface area contributed by atoms with Crippen molar-refractivity contribution in [2.75, 3.05) is 13.1 Å². The van der Waals surface area contributed by atoms with Crippen LogP contribution in [-0.4, -0.2) is 49.6 Å². The van der Waals surface area contributed by atoms with Crippen LogP contribution in [-0.2, 0) is 6.54 Å². The number of hydrogen-bond acceptors (Lipinski definition) is 4. The van der Waals surface area contributed by atoms with Gasteiger partial charge in [-0.25, -0.2) is 9.97 Å². The van der Waals surface area contributed by atoms with Crippen molar-refractivity contribution in [2.45, 2.75) is 38.8 Å². The second-order valence-electron chi connectivity index (χ2n) is 7.98.